The van der Waals surface area contributed by atoms with E-state index in [0.29, 0.717) is 0 Å². The average molecular weight is 403 g/mol. The van der Waals surface area contributed by atoms with Crippen molar-refractivity contribution >= 4 is 6.09 Å². The lowest BCUT2D eigenvalue weighted by Crippen LogP contribution is -2.35. The molecule has 0 radical (unpaired) electrons. The molecule has 0 spiro atoms. The summed E-state index contributed by atoms with van der Waals surface area (Å²) in [5.41, 5.74) is 1.61. The summed E-state index contributed by atoms with van der Waals surface area (Å²) in [6, 6.07) is 19.8. The van der Waals surface area contributed by atoms with E-state index >= 15 is 0 Å². The first-order chi connectivity index (χ1) is 13.8. The number of carbonyl (C=O) groups is 1. The number of alkyl carbamates (subject to hydrolysis) is 1. The Hall–Kier alpha value is -2.44. The van der Waals surface area contributed by atoms with Crippen molar-refractivity contribution in [1.29, 1.82) is 0 Å². The van der Waals surface area contributed by atoms with Crippen LogP contribution in [0.5, 0.6) is 0 Å². The van der Waals surface area contributed by atoms with Crippen molar-refractivity contribution in [1.82, 2.24) is 10.6 Å². The van der Waals surface area contributed by atoms with E-state index in [2.05, 4.69) is 10.6 Å². The fourth-order valence-corrected chi connectivity index (χ4v) is 2.77. The molecule has 0 aliphatic heterocycles. The number of hydrogen-bond donors (Lipinski definition) is 2. The summed E-state index contributed by atoms with van der Waals surface area (Å²) in [7, 11) is 0. The number of rotatable bonds is 10. The third kappa shape index (κ3) is 9.07. The van der Waals surface area contributed by atoms with E-state index in [0.717, 1.165) is 11.1 Å². The maximum atomic E-state index is 14.3. The van der Waals surface area contributed by atoms with Crippen LogP contribution >= 0.6 is 0 Å². The number of amides is 1. The van der Waals surface area contributed by atoms with E-state index in [4.69, 9.17) is 9.47 Å². The first kappa shape index (κ1) is 22.8. The Labute approximate surface area is 172 Å². The number of halogens is 1. The van der Waals surface area contributed by atoms with Crippen molar-refractivity contribution in [2.75, 3.05) is 26.3 Å². The Kier molecular flexibility index (Phi) is 9.09. The lowest BCUT2D eigenvalue weighted by atomic mass is 9.98. The van der Waals surface area contributed by atoms with Gasteiger partial charge in [0.2, 0.25) is 0 Å². The molecule has 2 aromatic carbocycles. The van der Waals surface area contributed by atoms with Crippen LogP contribution in [-0.4, -0.2) is 44.2 Å². The minimum Gasteiger partial charge on any atom is -0.444 e. The molecule has 1 atom stereocenters. The number of ether oxygens (including phenoxy) is 2. The second kappa shape index (κ2) is 11.5. The average Bonchev–Trinajstić information content (AvgIpc) is 2.68. The normalized spacial score (nSPS) is 12.6. The minimum atomic E-state index is -1.16. The van der Waals surface area contributed by atoms with E-state index in [1.807, 2.05) is 60.7 Å². The lowest BCUT2D eigenvalue weighted by Gasteiger charge is -2.21. The number of benzene rings is 2. The molecule has 6 heteroatoms. The van der Waals surface area contributed by atoms with E-state index in [1.165, 1.54) is 0 Å². The van der Waals surface area contributed by atoms with Crippen LogP contribution in [0.25, 0.3) is 0 Å². The SMILES string of the molecule is CC(C)(C)OC(=O)NCCOCC(F)CNC(c1ccccc1)c1ccccc1. The molecule has 0 saturated heterocycles. The van der Waals surface area contributed by atoms with Crippen molar-refractivity contribution in [2.45, 2.75) is 38.6 Å². The highest BCUT2D eigenvalue weighted by Crippen LogP contribution is 2.21. The number of alkyl halides is 1. The highest BCUT2D eigenvalue weighted by atomic mass is 19.1. The highest BCUT2D eigenvalue weighted by Gasteiger charge is 2.17. The number of nitrogens with one attached hydrogen (secondary N) is 2. The van der Waals surface area contributed by atoms with E-state index in [9.17, 15) is 9.18 Å². The Morgan fingerprint density at radius 3 is 2.07 bits per heavy atom. The molecular weight excluding hydrogens is 371 g/mol. The van der Waals surface area contributed by atoms with E-state index in [1.54, 1.807) is 20.8 Å². The molecule has 0 aliphatic carbocycles. The van der Waals surface area contributed by atoms with Gasteiger partial charge in [-0.25, -0.2) is 9.18 Å². The third-order valence-corrected chi connectivity index (χ3v) is 4.02. The van der Waals surface area contributed by atoms with Crippen LogP contribution in [0, 0.1) is 0 Å². The van der Waals surface area contributed by atoms with Crippen molar-refractivity contribution < 1.29 is 18.7 Å². The summed E-state index contributed by atoms with van der Waals surface area (Å²) in [5, 5.41) is 5.87. The molecule has 2 N–H and O–H groups in total. The summed E-state index contributed by atoms with van der Waals surface area (Å²) >= 11 is 0. The molecule has 2 rings (SSSR count). The molecule has 158 valence electrons. The molecular formula is C23H31FN2O3. The Bertz CT molecular complexity index is 680. The van der Waals surface area contributed by atoms with Gasteiger partial charge in [-0.3, -0.25) is 0 Å². The monoisotopic (exact) mass is 402 g/mol. The molecule has 0 aliphatic rings. The molecule has 0 aromatic heterocycles. The van der Waals surface area contributed by atoms with Gasteiger partial charge in [-0.15, -0.1) is 0 Å². The summed E-state index contributed by atoms with van der Waals surface area (Å²) in [4.78, 5) is 11.5. The van der Waals surface area contributed by atoms with E-state index < -0.39 is 17.9 Å². The maximum absolute atomic E-state index is 14.3. The molecule has 2 aromatic rings. The molecule has 29 heavy (non-hydrogen) atoms. The fraction of sp³-hybridized carbons (Fsp3) is 0.435. The van der Waals surface area contributed by atoms with Gasteiger partial charge in [0, 0.05) is 13.1 Å². The van der Waals surface area contributed by atoms with Crippen molar-refractivity contribution in [3.63, 3.8) is 0 Å². The first-order valence-corrected chi connectivity index (χ1v) is 9.87. The quantitative estimate of drug-likeness (QED) is 0.584. The summed E-state index contributed by atoms with van der Waals surface area (Å²) in [6.07, 6.45) is -1.67. The Morgan fingerprint density at radius 1 is 1.00 bits per heavy atom. The number of hydrogen-bond acceptors (Lipinski definition) is 4. The van der Waals surface area contributed by atoms with Crippen LogP contribution in [0.4, 0.5) is 9.18 Å². The van der Waals surface area contributed by atoms with Crippen molar-refractivity contribution in [3.05, 3.63) is 71.8 Å². The van der Waals surface area contributed by atoms with Crippen LogP contribution < -0.4 is 10.6 Å². The zero-order valence-electron chi connectivity index (χ0n) is 17.4. The summed E-state index contributed by atoms with van der Waals surface area (Å²) in [6.45, 7) is 5.99. The summed E-state index contributed by atoms with van der Waals surface area (Å²) < 4.78 is 24.8. The fourth-order valence-electron chi connectivity index (χ4n) is 2.77. The van der Waals surface area contributed by atoms with Crippen LogP contribution in [0.2, 0.25) is 0 Å². The van der Waals surface area contributed by atoms with Crippen LogP contribution in [0.15, 0.2) is 60.7 Å². The van der Waals surface area contributed by atoms with Gasteiger partial charge in [0.05, 0.1) is 19.3 Å². The van der Waals surface area contributed by atoms with Gasteiger partial charge in [-0.1, -0.05) is 60.7 Å². The predicted molar refractivity (Wildman–Crippen MR) is 113 cm³/mol. The molecule has 1 amide bonds. The zero-order valence-corrected chi connectivity index (χ0v) is 17.4. The second-order valence-corrected chi connectivity index (χ2v) is 7.76. The van der Waals surface area contributed by atoms with Crippen LogP contribution in [-0.2, 0) is 9.47 Å². The standard InChI is InChI=1S/C23H31FN2O3/c1-23(2,3)29-22(27)25-14-15-28-17-20(24)16-26-21(18-10-6-4-7-11-18)19-12-8-5-9-13-19/h4-13,20-21,26H,14-17H2,1-3H3,(H,25,27). The molecule has 0 fully saturated rings. The minimum absolute atomic E-state index is 0.0424. The largest absolute Gasteiger partial charge is 0.444 e. The highest BCUT2D eigenvalue weighted by molar-refractivity contribution is 5.67. The molecule has 5 nitrogen and oxygen atoms in total. The van der Waals surface area contributed by atoms with Gasteiger partial charge < -0.3 is 20.1 Å². The van der Waals surface area contributed by atoms with Gasteiger partial charge in [0.1, 0.15) is 11.8 Å². The van der Waals surface area contributed by atoms with Gasteiger partial charge >= 0.3 is 6.09 Å². The summed E-state index contributed by atoms with van der Waals surface area (Å²) in [5.74, 6) is 0. The van der Waals surface area contributed by atoms with Crippen LogP contribution in [0.3, 0.4) is 0 Å². The van der Waals surface area contributed by atoms with E-state index in [-0.39, 0.29) is 32.3 Å². The smallest absolute Gasteiger partial charge is 0.407 e. The van der Waals surface area contributed by atoms with Gasteiger partial charge in [-0.2, -0.15) is 0 Å². The molecule has 0 bridgehead atoms. The van der Waals surface area contributed by atoms with Crippen molar-refractivity contribution in [2.24, 2.45) is 0 Å². The maximum Gasteiger partial charge on any atom is 0.407 e. The lowest BCUT2D eigenvalue weighted by molar-refractivity contribution is 0.0471. The van der Waals surface area contributed by atoms with Gasteiger partial charge in [0.15, 0.2) is 0 Å². The van der Waals surface area contributed by atoms with Crippen molar-refractivity contribution in [3.8, 4) is 0 Å². The van der Waals surface area contributed by atoms with Gasteiger partial charge in [0.25, 0.3) is 0 Å². The molecule has 0 heterocycles. The Balaban J connectivity index is 1.73. The number of carbonyl (C=O) groups excluding carboxylic acids is 1. The molecule has 0 saturated carbocycles. The third-order valence-electron chi connectivity index (χ3n) is 4.02. The Morgan fingerprint density at radius 2 is 1.55 bits per heavy atom. The predicted octanol–water partition coefficient (Wildman–Crippen LogP) is 4.25. The van der Waals surface area contributed by atoms with Crippen LogP contribution in [0.1, 0.15) is 37.9 Å². The topological polar surface area (TPSA) is 59.6 Å². The second-order valence-electron chi connectivity index (χ2n) is 7.76. The van der Waals surface area contributed by atoms with Gasteiger partial charge in [-0.05, 0) is 31.9 Å². The first-order valence-electron chi connectivity index (χ1n) is 9.87. The molecule has 1 unspecified atom stereocenters. The zero-order chi connectivity index (χ0) is 21.1.